The minimum absolute atomic E-state index is 0.00879. The second-order valence-corrected chi connectivity index (χ2v) is 7.46. The Kier molecular flexibility index (Phi) is 3.69. The highest BCUT2D eigenvalue weighted by Gasteiger charge is 2.32. The summed E-state index contributed by atoms with van der Waals surface area (Å²) in [5.74, 6) is 0.00879. The summed E-state index contributed by atoms with van der Waals surface area (Å²) in [5.41, 5.74) is 6.05. The van der Waals surface area contributed by atoms with Crippen LogP contribution in [-0.2, 0) is 12.0 Å². The van der Waals surface area contributed by atoms with Gasteiger partial charge >= 0.3 is 0 Å². The fraction of sp³-hybridized carbons (Fsp3) is 0.350. The summed E-state index contributed by atoms with van der Waals surface area (Å²) in [6.07, 6.45) is 5.69. The molecule has 0 fully saturated rings. The van der Waals surface area contributed by atoms with Crippen LogP contribution in [0.4, 0.5) is 0 Å². The molecule has 0 bridgehead atoms. The van der Waals surface area contributed by atoms with Crippen LogP contribution in [0, 0.1) is 0 Å². The van der Waals surface area contributed by atoms with E-state index in [9.17, 15) is 4.79 Å². The molecule has 0 unspecified atom stereocenters. The minimum atomic E-state index is -0.0928. The molecule has 0 radical (unpaired) electrons. The third-order valence-electron chi connectivity index (χ3n) is 5.09. The molecule has 1 atom stereocenters. The zero-order chi connectivity index (χ0) is 17.6. The van der Waals surface area contributed by atoms with Gasteiger partial charge in [-0.3, -0.25) is 4.79 Å². The SMILES string of the molecule is C[C@@H]1C=C(c2ccc3c(c2)C(C)(C)CNC3=O)c2cncnc2CN1. The first-order valence-corrected chi connectivity index (χ1v) is 8.63. The van der Waals surface area contributed by atoms with Crippen LogP contribution < -0.4 is 10.6 Å². The van der Waals surface area contributed by atoms with Crippen LogP contribution in [0.2, 0.25) is 0 Å². The molecule has 2 aliphatic rings. The van der Waals surface area contributed by atoms with Gasteiger partial charge < -0.3 is 10.6 Å². The lowest BCUT2D eigenvalue weighted by Crippen LogP contribution is -2.43. The Labute approximate surface area is 147 Å². The van der Waals surface area contributed by atoms with Gasteiger partial charge in [-0.05, 0) is 35.8 Å². The molecule has 5 nitrogen and oxygen atoms in total. The fourth-order valence-electron chi connectivity index (χ4n) is 3.59. The number of nitrogens with zero attached hydrogens (tertiary/aromatic N) is 2. The monoisotopic (exact) mass is 334 g/mol. The molecule has 4 rings (SSSR count). The maximum Gasteiger partial charge on any atom is 0.251 e. The van der Waals surface area contributed by atoms with Crippen LogP contribution in [0.1, 0.15) is 53.5 Å². The van der Waals surface area contributed by atoms with E-state index in [4.69, 9.17) is 0 Å². The van der Waals surface area contributed by atoms with Crippen molar-refractivity contribution in [3.63, 3.8) is 0 Å². The lowest BCUT2D eigenvalue weighted by Gasteiger charge is -2.33. The Bertz CT molecular complexity index is 885. The highest BCUT2D eigenvalue weighted by atomic mass is 16.1. The first-order chi connectivity index (χ1) is 12.0. The summed E-state index contributed by atoms with van der Waals surface area (Å²) in [6.45, 7) is 7.83. The van der Waals surface area contributed by atoms with Crippen LogP contribution in [0.3, 0.4) is 0 Å². The van der Waals surface area contributed by atoms with Crippen LogP contribution in [0.5, 0.6) is 0 Å². The highest BCUT2D eigenvalue weighted by Crippen LogP contribution is 2.34. The molecular formula is C20H22N4O. The summed E-state index contributed by atoms with van der Waals surface area (Å²) in [7, 11) is 0. The van der Waals surface area contributed by atoms with Gasteiger partial charge in [-0.2, -0.15) is 0 Å². The van der Waals surface area contributed by atoms with Gasteiger partial charge in [-0.25, -0.2) is 9.97 Å². The summed E-state index contributed by atoms with van der Waals surface area (Å²) < 4.78 is 0. The summed E-state index contributed by atoms with van der Waals surface area (Å²) in [4.78, 5) is 20.9. The molecular weight excluding hydrogens is 312 g/mol. The molecule has 2 N–H and O–H groups in total. The lowest BCUT2D eigenvalue weighted by atomic mass is 9.77. The fourth-order valence-corrected chi connectivity index (χ4v) is 3.59. The predicted molar refractivity (Wildman–Crippen MR) is 97.2 cm³/mol. The normalized spacial score (nSPS) is 21.5. The van der Waals surface area contributed by atoms with Gasteiger partial charge in [0, 0.05) is 41.9 Å². The number of amides is 1. The van der Waals surface area contributed by atoms with E-state index in [1.807, 2.05) is 18.3 Å². The number of fused-ring (bicyclic) bond motifs is 2. The molecule has 128 valence electrons. The molecule has 3 heterocycles. The number of aromatic nitrogens is 2. The van der Waals surface area contributed by atoms with Crippen molar-refractivity contribution in [2.75, 3.05) is 6.54 Å². The van der Waals surface area contributed by atoms with E-state index in [2.05, 4.69) is 53.5 Å². The number of hydrogen-bond donors (Lipinski definition) is 2. The Hall–Kier alpha value is -2.53. The zero-order valence-corrected chi connectivity index (χ0v) is 14.8. The zero-order valence-electron chi connectivity index (χ0n) is 14.8. The minimum Gasteiger partial charge on any atom is -0.351 e. The van der Waals surface area contributed by atoms with Crippen molar-refractivity contribution in [2.45, 2.75) is 38.8 Å². The predicted octanol–water partition coefficient (Wildman–Crippen LogP) is 2.42. The number of carbonyl (C=O) groups excluding carboxylic acids is 1. The molecule has 25 heavy (non-hydrogen) atoms. The molecule has 5 heteroatoms. The van der Waals surface area contributed by atoms with Gasteiger partial charge in [0.05, 0.1) is 5.69 Å². The van der Waals surface area contributed by atoms with E-state index in [0.29, 0.717) is 6.54 Å². The van der Waals surface area contributed by atoms with Crippen molar-refractivity contribution in [1.82, 2.24) is 20.6 Å². The van der Waals surface area contributed by atoms with E-state index in [0.717, 1.165) is 40.1 Å². The van der Waals surface area contributed by atoms with Crippen molar-refractivity contribution in [3.05, 3.63) is 64.7 Å². The van der Waals surface area contributed by atoms with Gasteiger partial charge in [0.25, 0.3) is 5.91 Å². The van der Waals surface area contributed by atoms with Crippen molar-refractivity contribution in [2.24, 2.45) is 0 Å². The highest BCUT2D eigenvalue weighted by molar-refractivity contribution is 5.98. The number of hydrogen-bond acceptors (Lipinski definition) is 4. The Balaban J connectivity index is 1.89. The van der Waals surface area contributed by atoms with Crippen molar-refractivity contribution in [1.29, 1.82) is 0 Å². The largest absolute Gasteiger partial charge is 0.351 e. The molecule has 1 aromatic carbocycles. The van der Waals surface area contributed by atoms with Crippen molar-refractivity contribution in [3.8, 4) is 0 Å². The Morgan fingerprint density at radius 3 is 2.92 bits per heavy atom. The molecule has 2 aliphatic heterocycles. The van der Waals surface area contributed by atoms with E-state index in [1.54, 1.807) is 6.33 Å². The van der Waals surface area contributed by atoms with Gasteiger partial charge in [-0.15, -0.1) is 0 Å². The average Bonchev–Trinajstić information content (AvgIpc) is 2.78. The molecule has 0 saturated carbocycles. The van der Waals surface area contributed by atoms with Crippen molar-refractivity contribution >= 4 is 11.5 Å². The average molecular weight is 334 g/mol. The van der Waals surface area contributed by atoms with Gasteiger partial charge in [0.1, 0.15) is 6.33 Å². The second kappa shape index (κ2) is 5.77. The lowest BCUT2D eigenvalue weighted by molar-refractivity contribution is 0.0930. The molecule has 0 saturated heterocycles. The number of benzene rings is 1. The molecule has 2 aromatic rings. The summed E-state index contributed by atoms with van der Waals surface area (Å²) >= 11 is 0. The number of carbonyl (C=O) groups is 1. The maximum absolute atomic E-state index is 12.2. The van der Waals surface area contributed by atoms with Crippen molar-refractivity contribution < 1.29 is 4.79 Å². The first-order valence-electron chi connectivity index (χ1n) is 8.63. The standard InChI is InChI=1S/C20H22N4O/c1-12-6-15(16-8-21-11-24-18(16)9-22-12)13-4-5-14-17(7-13)20(2,3)10-23-19(14)25/h4-8,11-12,22H,9-10H2,1-3H3,(H,23,25)/t12-/m1/s1. The van der Waals surface area contributed by atoms with Gasteiger partial charge in [0.15, 0.2) is 0 Å². The summed E-state index contributed by atoms with van der Waals surface area (Å²) in [6, 6.07) is 6.36. The van der Waals surface area contributed by atoms with Crippen LogP contribution >= 0.6 is 0 Å². The Morgan fingerprint density at radius 2 is 2.08 bits per heavy atom. The van der Waals surface area contributed by atoms with E-state index in [-0.39, 0.29) is 17.4 Å². The number of nitrogens with one attached hydrogen (secondary N) is 2. The maximum atomic E-state index is 12.2. The van der Waals surface area contributed by atoms with Gasteiger partial charge in [-0.1, -0.05) is 26.0 Å². The quantitative estimate of drug-likeness (QED) is 0.840. The third kappa shape index (κ3) is 2.74. The Morgan fingerprint density at radius 1 is 1.24 bits per heavy atom. The molecule has 1 aromatic heterocycles. The third-order valence-corrected chi connectivity index (χ3v) is 5.09. The van der Waals surface area contributed by atoms with E-state index < -0.39 is 0 Å². The molecule has 0 spiro atoms. The second-order valence-electron chi connectivity index (χ2n) is 7.46. The smallest absolute Gasteiger partial charge is 0.251 e. The van der Waals surface area contributed by atoms with Crippen LogP contribution in [0.25, 0.3) is 5.57 Å². The summed E-state index contributed by atoms with van der Waals surface area (Å²) in [5, 5.41) is 6.43. The van der Waals surface area contributed by atoms with E-state index >= 15 is 0 Å². The first kappa shape index (κ1) is 16.0. The molecule has 0 aliphatic carbocycles. The number of rotatable bonds is 1. The van der Waals surface area contributed by atoms with Crippen LogP contribution in [-0.4, -0.2) is 28.5 Å². The topological polar surface area (TPSA) is 66.9 Å². The van der Waals surface area contributed by atoms with Crippen LogP contribution in [0.15, 0.2) is 36.8 Å². The van der Waals surface area contributed by atoms with Gasteiger partial charge in [0.2, 0.25) is 0 Å². The van der Waals surface area contributed by atoms with E-state index in [1.165, 1.54) is 0 Å². The molecule has 1 amide bonds.